The van der Waals surface area contributed by atoms with E-state index in [0.29, 0.717) is 18.0 Å². The summed E-state index contributed by atoms with van der Waals surface area (Å²) in [4.78, 5) is 4.07. The minimum atomic E-state index is 0.548. The van der Waals surface area contributed by atoms with Gasteiger partial charge in [-0.25, -0.2) is 0 Å². The maximum absolute atomic E-state index is 9.00. The van der Waals surface area contributed by atoms with Gasteiger partial charge in [0.05, 0.1) is 11.4 Å². The van der Waals surface area contributed by atoms with Crippen LogP contribution in [0.2, 0.25) is 0 Å². The van der Waals surface area contributed by atoms with Crippen molar-refractivity contribution in [3.05, 3.63) is 89.9 Å². The molecule has 0 saturated carbocycles. The molecule has 0 aliphatic carbocycles. The summed E-state index contributed by atoms with van der Waals surface area (Å²) in [6.07, 6.45) is 4.26. The van der Waals surface area contributed by atoms with E-state index in [4.69, 9.17) is 5.21 Å². The van der Waals surface area contributed by atoms with Crippen LogP contribution in [-0.2, 0) is 6.42 Å². The van der Waals surface area contributed by atoms with Gasteiger partial charge in [0.1, 0.15) is 0 Å². The Morgan fingerprint density at radius 2 is 1.75 bits per heavy atom. The maximum Gasteiger partial charge on any atom is 0.160 e. The molecule has 4 rings (SSSR count). The van der Waals surface area contributed by atoms with Crippen LogP contribution >= 0.6 is 0 Å². The molecule has 2 N–H and O–H groups in total. The molecule has 0 bridgehead atoms. The predicted molar refractivity (Wildman–Crippen MR) is 110 cm³/mol. The monoisotopic (exact) mass is 369 g/mol. The van der Waals surface area contributed by atoms with Crippen LogP contribution in [0.3, 0.4) is 0 Å². The highest BCUT2D eigenvalue weighted by Gasteiger charge is 2.10. The van der Waals surface area contributed by atoms with Crippen molar-refractivity contribution in [2.24, 2.45) is 5.16 Å². The van der Waals surface area contributed by atoms with Gasteiger partial charge in [-0.05, 0) is 36.8 Å². The van der Waals surface area contributed by atoms with Crippen molar-refractivity contribution in [3.8, 4) is 0 Å². The van der Waals surface area contributed by atoms with Crippen molar-refractivity contribution >= 4 is 28.0 Å². The predicted octanol–water partition coefficient (Wildman–Crippen LogP) is 4.56. The van der Waals surface area contributed by atoms with Gasteiger partial charge in [0.15, 0.2) is 5.82 Å². The summed E-state index contributed by atoms with van der Waals surface area (Å²) in [5, 5.41) is 26.6. The molecule has 6 nitrogen and oxygen atoms in total. The first-order valence-corrected chi connectivity index (χ1v) is 8.94. The van der Waals surface area contributed by atoms with Crippen LogP contribution < -0.4 is 5.32 Å². The second-order valence-corrected chi connectivity index (χ2v) is 6.46. The van der Waals surface area contributed by atoms with Gasteiger partial charge in [0.2, 0.25) is 0 Å². The normalized spacial score (nSPS) is 11.5. The zero-order valence-electron chi connectivity index (χ0n) is 15.4. The summed E-state index contributed by atoms with van der Waals surface area (Å²) >= 11 is 0. The summed E-state index contributed by atoms with van der Waals surface area (Å²) in [5.74, 6) is 0.685. The minimum Gasteiger partial charge on any atom is -0.411 e. The number of benzene rings is 2. The number of anilines is 2. The number of hydrogen-bond acceptors (Lipinski definition) is 6. The van der Waals surface area contributed by atoms with Gasteiger partial charge in [-0.2, -0.15) is 5.10 Å². The summed E-state index contributed by atoms with van der Waals surface area (Å²) in [5.41, 5.74) is 4.29. The number of hydrogen-bond donors (Lipinski definition) is 2. The van der Waals surface area contributed by atoms with Crippen molar-refractivity contribution < 1.29 is 5.21 Å². The lowest BCUT2D eigenvalue weighted by Gasteiger charge is -2.12. The minimum absolute atomic E-state index is 0.548. The molecule has 0 radical (unpaired) electrons. The van der Waals surface area contributed by atoms with E-state index < -0.39 is 0 Å². The Morgan fingerprint density at radius 3 is 2.54 bits per heavy atom. The van der Waals surface area contributed by atoms with Gasteiger partial charge in [0, 0.05) is 40.8 Å². The molecule has 0 unspecified atom stereocenters. The highest BCUT2D eigenvalue weighted by atomic mass is 16.4. The number of nitrogens with zero attached hydrogens (tertiary/aromatic N) is 4. The number of pyridine rings is 1. The average molecular weight is 369 g/mol. The molecule has 2 aromatic carbocycles. The van der Waals surface area contributed by atoms with E-state index in [1.165, 1.54) is 0 Å². The molecule has 6 heteroatoms. The van der Waals surface area contributed by atoms with E-state index in [2.05, 4.69) is 31.7 Å². The first kappa shape index (κ1) is 17.6. The molecule has 2 heterocycles. The molecule has 0 aliphatic heterocycles. The number of oxime groups is 1. The number of rotatable bonds is 5. The van der Waals surface area contributed by atoms with Crippen LogP contribution in [0.15, 0.2) is 78.2 Å². The molecule has 0 fully saturated rings. The second-order valence-electron chi connectivity index (χ2n) is 6.46. The number of fused-ring (bicyclic) bond motifs is 1. The Hall–Kier alpha value is -3.80. The van der Waals surface area contributed by atoms with Crippen LogP contribution in [0.25, 0.3) is 10.8 Å². The van der Waals surface area contributed by atoms with Gasteiger partial charge in [0.25, 0.3) is 0 Å². The lowest BCUT2D eigenvalue weighted by Crippen LogP contribution is -2.03. The van der Waals surface area contributed by atoms with Crippen LogP contribution in [0.1, 0.15) is 23.7 Å². The lowest BCUT2D eigenvalue weighted by molar-refractivity contribution is 0.319. The highest BCUT2D eigenvalue weighted by molar-refractivity contribution is 5.99. The fourth-order valence-electron chi connectivity index (χ4n) is 3.09. The molecule has 28 heavy (non-hydrogen) atoms. The quantitative estimate of drug-likeness (QED) is 0.306. The maximum atomic E-state index is 9.00. The third-order valence-corrected chi connectivity index (χ3v) is 4.58. The van der Waals surface area contributed by atoms with E-state index in [-0.39, 0.29) is 0 Å². The number of aromatic nitrogens is 3. The van der Waals surface area contributed by atoms with Crippen LogP contribution in [-0.4, -0.2) is 26.1 Å². The van der Waals surface area contributed by atoms with E-state index in [9.17, 15) is 0 Å². The average Bonchev–Trinajstić information content (AvgIpc) is 2.76. The van der Waals surface area contributed by atoms with Crippen LogP contribution in [0, 0.1) is 0 Å². The summed E-state index contributed by atoms with van der Waals surface area (Å²) < 4.78 is 0. The Bertz CT molecular complexity index is 1140. The zero-order chi connectivity index (χ0) is 19.3. The molecule has 4 aromatic rings. The molecule has 0 saturated heterocycles. The molecule has 138 valence electrons. The first-order valence-electron chi connectivity index (χ1n) is 8.94. The van der Waals surface area contributed by atoms with E-state index >= 15 is 0 Å². The standard InChI is InChI=1S/C22H19N5O/c1-15(27-28)17-5-4-6-18(14-17)24-22-20-8-3-2-7-19(20)21(25-26-22)13-16-9-11-23-12-10-16/h2-12,14,28H,13H2,1H3,(H,24,26)/b27-15+. The summed E-state index contributed by atoms with van der Waals surface area (Å²) in [7, 11) is 0. The largest absolute Gasteiger partial charge is 0.411 e. The molecule has 2 aromatic heterocycles. The lowest BCUT2D eigenvalue weighted by atomic mass is 10.0. The van der Waals surface area contributed by atoms with Crippen molar-refractivity contribution in [1.82, 2.24) is 15.2 Å². The van der Waals surface area contributed by atoms with Crippen LogP contribution in [0.5, 0.6) is 0 Å². The molecule has 0 atom stereocenters. The van der Waals surface area contributed by atoms with Gasteiger partial charge in [-0.15, -0.1) is 5.10 Å². The number of nitrogens with one attached hydrogen (secondary N) is 1. The molecule has 0 amide bonds. The molecule has 0 spiro atoms. The van der Waals surface area contributed by atoms with Gasteiger partial charge < -0.3 is 10.5 Å². The Labute approximate surface area is 162 Å². The molecular formula is C22H19N5O. The van der Waals surface area contributed by atoms with E-state index in [1.54, 1.807) is 19.3 Å². The van der Waals surface area contributed by atoms with Crippen molar-refractivity contribution in [3.63, 3.8) is 0 Å². The van der Waals surface area contributed by atoms with Crippen LogP contribution in [0.4, 0.5) is 11.5 Å². The fraction of sp³-hybridized carbons (Fsp3) is 0.0909. The van der Waals surface area contributed by atoms with E-state index in [1.807, 2.05) is 54.6 Å². The van der Waals surface area contributed by atoms with Gasteiger partial charge >= 0.3 is 0 Å². The highest BCUT2D eigenvalue weighted by Crippen LogP contribution is 2.27. The van der Waals surface area contributed by atoms with Crippen molar-refractivity contribution in [2.75, 3.05) is 5.32 Å². The third kappa shape index (κ3) is 3.66. The van der Waals surface area contributed by atoms with Crippen molar-refractivity contribution in [1.29, 1.82) is 0 Å². The molecular weight excluding hydrogens is 350 g/mol. The topological polar surface area (TPSA) is 83.3 Å². The first-order chi connectivity index (χ1) is 13.7. The SMILES string of the molecule is C/C(=N\O)c1cccc(Nc2nnc(Cc3ccncc3)c3ccccc23)c1. The third-order valence-electron chi connectivity index (χ3n) is 4.58. The zero-order valence-corrected chi connectivity index (χ0v) is 15.4. The van der Waals surface area contributed by atoms with E-state index in [0.717, 1.165) is 33.3 Å². The summed E-state index contributed by atoms with van der Waals surface area (Å²) in [6, 6.07) is 19.7. The molecule has 0 aliphatic rings. The summed E-state index contributed by atoms with van der Waals surface area (Å²) in [6.45, 7) is 1.75. The Morgan fingerprint density at radius 1 is 0.964 bits per heavy atom. The van der Waals surface area contributed by atoms with Crippen molar-refractivity contribution in [2.45, 2.75) is 13.3 Å². The smallest absolute Gasteiger partial charge is 0.160 e. The Balaban J connectivity index is 1.70. The second kappa shape index (κ2) is 7.84. The Kier molecular flexibility index (Phi) is 4.93. The van der Waals surface area contributed by atoms with Gasteiger partial charge in [-0.1, -0.05) is 41.6 Å². The fourth-order valence-corrected chi connectivity index (χ4v) is 3.09. The van der Waals surface area contributed by atoms with Gasteiger partial charge in [-0.3, -0.25) is 4.98 Å².